The minimum atomic E-state index is -0.0495. The van der Waals surface area contributed by atoms with E-state index in [9.17, 15) is 4.79 Å². The van der Waals surface area contributed by atoms with Gasteiger partial charge in [0.15, 0.2) is 5.82 Å². The third-order valence-corrected chi connectivity index (χ3v) is 5.44. The van der Waals surface area contributed by atoms with Crippen molar-refractivity contribution in [3.8, 4) is 11.4 Å². The Morgan fingerprint density at radius 2 is 1.93 bits per heavy atom. The monoisotopic (exact) mass is 369 g/mol. The van der Waals surface area contributed by atoms with Crippen LogP contribution in [0.4, 0.5) is 0 Å². The lowest BCUT2D eigenvalue weighted by atomic mass is 10.1. The Labute approximate surface area is 159 Å². The van der Waals surface area contributed by atoms with Crippen LogP contribution in [0.2, 0.25) is 0 Å². The van der Waals surface area contributed by atoms with Crippen molar-refractivity contribution in [2.75, 3.05) is 26.3 Å². The van der Waals surface area contributed by atoms with Gasteiger partial charge in [0.1, 0.15) is 6.33 Å². The average Bonchev–Trinajstić information content (AvgIpc) is 3.42. The summed E-state index contributed by atoms with van der Waals surface area (Å²) in [5, 5.41) is 7.44. The lowest BCUT2D eigenvalue weighted by molar-refractivity contribution is 0.0916. The Kier molecular flexibility index (Phi) is 5.22. The molecule has 0 saturated carbocycles. The van der Waals surface area contributed by atoms with Gasteiger partial charge in [0.05, 0.1) is 25.3 Å². The van der Waals surface area contributed by atoms with Crippen LogP contribution < -0.4 is 5.32 Å². The summed E-state index contributed by atoms with van der Waals surface area (Å²) < 4.78 is 7.53. The van der Waals surface area contributed by atoms with E-state index in [1.807, 2.05) is 28.9 Å². The number of aromatic nitrogens is 3. The molecule has 144 valence electrons. The molecule has 4 rings (SSSR count). The number of nitrogens with one attached hydrogen (secondary N) is 1. The number of hydrogen-bond donors (Lipinski definition) is 1. The second-order valence-corrected chi connectivity index (χ2v) is 7.63. The SMILES string of the molecule is CC(C)n1ncnc1-c1ccc(C(=O)N[C@H]2COC[C@@H]2N2CCCC2)cc1. The molecular weight excluding hydrogens is 342 g/mol. The fourth-order valence-electron chi connectivity index (χ4n) is 3.97. The zero-order valence-corrected chi connectivity index (χ0v) is 16.0. The van der Waals surface area contributed by atoms with E-state index in [0.717, 1.165) is 24.5 Å². The van der Waals surface area contributed by atoms with Gasteiger partial charge in [-0.05, 0) is 51.9 Å². The standard InChI is InChI=1S/C20H27N5O2/c1-14(2)25-19(21-13-22-25)15-5-7-16(8-6-15)20(26)23-17-11-27-12-18(17)24-9-3-4-10-24/h5-8,13-14,17-18H,3-4,9-12H2,1-2H3,(H,23,26)/t17-,18-/m0/s1. The maximum Gasteiger partial charge on any atom is 0.251 e. The Balaban J connectivity index is 1.44. The van der Waals surface area contributed by atoms with Crippen molar-refractivity contribution < 1.29 is 9.53 Å². The van der Waals surface area contributed by atoms with Gasteiger partial charge in [-0.1, -0.05) is 12.1 Å². The van der Waals surface area contributed by atoms with Gasteiger partial charge < -0.3 is 10.1 Å². The van der Waals surface area contributed by atoms with Crippen LogP contribution in [0, 0.1) is 0 Å². The van der Waals surface area contributed by atoms with E-state index in [1.165, 1.54) is 12.8 Å². The van der Waals surface area contributed by atoms with Gasteiger partial charge in [-0.25, -0.2) is 9.67 Å². The molecule has 1 N–H and O–H groups in total. The molecule has 1 amide bonds. The van der Waals surface area contributed by atoms with Gasteiger partial charge in [0.25, 0.3) is 5.91 Å². The highest BCUT2D eigenvalue weighted by atomic mass is 16.5. The van der Waals surface area contributed by atoms with Crippen molar-refractivity contribution in [3.05, 3.63) is 36.2 Å². The minimum absolute atomic E-state index is 0.0495. The van der Waals surface area contributed by atoms with E-state index in [0.29, 0.717) is 24.8 Å². The first-order valence-corrected chi connectivity index (χ1v) is 9.76. The van der Waals surface area contributed by atoms with Gasteiger partial charge in [0.2, 0.25) is 0 Å². The van der Waals surface area contributed by atoms with E-state index in [1.54, 1.807) is 6.33 Å². The second kappa shape index (κ2) is 7.78. The molecule has 1 aromatic carbocycles. The molecule has 0 spiro atoms. The number of likely N-dealkylation sites (tertiary alicyclic amines) is 1. The summed E-state index contributed by atoms with van der Waals surface area (Å²) in [6.07, 6.45) is 4.04. The number of hydrogen-bond acceptors (Lipinski definition) is 5. The first kappa shape index (κ1) is 18.1. The molecule has 1 aromatic heterocycles. The molecule has 27 heavy (non-hydrogen) atoms. The summed E-state index contributed by atoms with van der Waals surface area (Å²) >= 11 is 0. The van der Waals surface area contributed by atoms with Crippen LogP contribution >= 0.6 is 0 Å². The minimum Gasteiger partial charge on any atom is -0.378 e. The number of ether oxygens (including phenoxy) is 1. The third-order valence-electron chi connectivity index (χ3n) is 5.44. The van der Waals surface area contributed by atoms with E-state index in [2.05, 4.69) is 34.1 Å². The highest BCUT2D eigenvalue weighted by Crippen LogP contribution is 2.21. The summed E-state index contributed by atoms with van der Waals surface area (Å²) in [7, 11) is 0. The molecule has 2 saturated heterocycles. The van der Waals surface area contributed by atoms with Crippen LogP contribution in [0.25, 0.3) is 11.4 Å². The maximum atomic E-state index is 12.7. The molecule has 0 aliphatic carbocycles. The molecule has 7 nitrogen and oxygen atoms in total. The summed E-state index contributed by atoms with van der Waals surface area (Å²) in [5.74, 6) is 0.766. The van der Waals surface area contributed by atoms with Gasteiger partial charge in [-0.15, -0.1) is 0 Å². The Hall–Kier alpha value is -2.25. The van der Waals surface area contributed by atoms with Crippen LogP contribution in [0.3, 0.4) is 0 Å². The molecule has 3 heterocycles. The predicted octanol–water partition coefficient (Wildman–Crippen LogP) is 2.12. The predicted molar refractivity (Wildman–Crippen MR) is 103 cm³/mol. The molecule has 2 atom stereocenters. The van der Waals surface area contributed by atoms with Crippen molar-refractivity contribution in [1.29, 1.82) is 0 Å². The van der Waals surface area contributed by atoms with Gasteiger partial charge in [0, 0.05) is 17.2 Å². The molecule has 0 bridgehead atoms. The molecule has 0 unspecified atom stereocenters. The number of benzene rings is 1. The van der Waals surface area contributed by atoms with Crippen molar-refractivity contribution in [3.63, 3.8) is 0 Å². The average molecular weight is 369 g/mol. The van der Waals surface area contributed by atoms with Crippen molar-refractivity contribution in [2.45, 2.75) is 44.8 Å². The van der Waals surface area contributed by atoms with Crippen molar-refractivity contribution in [1.82, 2.24) is 25.0 Å². The molecule has 2 aliphatic rings. The summed E-state index contributed by atoms with van der Waals surface area (Å²) in [4.78, 5) is 19.5. The second-order valence-electron chi connectivity index (χ2n) is 7.63. The third kappa shape index (κ3) is 3.75. The molecule has 2 aliphatic heterocycles. The molecule has 2 fully saturated rings. The van der Waals surface area contributed by atoms with Gasteiger partial charge >= 0.3 is 0 Å². The molecule has 7 heteroatoms. The smallest absolute Gasteiger partial charge is 0.251 e. The zero-order valence-electron chi connectivity index (χ0n) is 16.0. The van der Waals surface area contributed by atoms with Crippen LogP contribution in [0.1, 0.15) is 43.1 Å². The van der Waals surface area contributed by atoms with Crippen LogP contribution in [-0.4, -0.2) is 64.0 Å². The highest BCUT2D eigenvalue weighted by molar-refractivity contribution is 5.94. The summed E-state index contributed by atoms with van der Waals surface area (Å²) in [6, 6.07) is 8.15. The Morgan fingerprint density at radius 3 is 2.63 bits per heavy atom. The van der Waals surface area contributed by atoms with E-state index in [4.69, 9.17) is 4.74 Å². The lowest BCUT2D eigenvalue weighted by Crippen LogP contribution is -2.50. The summed E-state index contributed by atoms with van der Waals surface area (Å²) in [6.45, 7) is 7.63. The number of rotatable bonds is 5. The van der Waals surface area contributed by atoms with Crippen LogP contribution in [-0.2, 0) is 4.74 Å². The van der Waals surface area contributed by atoms with Crippen molar-refractivity contribution >= 4 is 5.91 Å². The Morgan fingerprint density at radius 1 is 1.19 bits per heavy atom. The molecule has 0 radical (unpaired) electrons. The lowest BCUT2D eigenvalue weighted by Gasteiger charge is -2.27. The topological polar surface area (TPSA) is 72.3 Å². The maximum absolute atomic E-state index is 12.7. The fraction of sp³-hybridized carbons (Fsp3) is 0.550. The number of carbonyl (C=O) groups is 1. The zero-order chi connectivity index (χ0) is 18.8. The Bertz CT molecular complexity index is 780. The first-order chi connectivity index (χ1) is 13.1. The largest absolute Gasteiger partial charge is 0.378 e. The highest BCUT2D eigenvalue weighted by Gasteiger charge is 2.35. The molecular formula is C20H27N5O2. The fourth-order valence-corrected chi connectivity index (χ4v) is 3.97. The van der Waals surface area contributed by atoms with E-state index >= 15 is 0 Å². The van der Waals surface area contributed by atoms with Gasteiger partial charge in [-0.2, -0.15) is 5.10 Å². The number of nitrogens with zero attached hydrogens (tertiary/aromatic N) is 4. The van der Waals surface area contributed by atoms with Crippen LogP contribution in [0.15, 0.2) is 30.6 Å². The number of amides is 1. The van der Waals surface area contributed by atoms with E-state index < -0.39 is 0 Å². The molecule has 2 aromatic rings. The van der Waals surface area contributed by atoms with E-state index in [-0.39, 0.29) is 18.0 Å². The van der Waals surface area contributed by atoms with Crippen LogP contribution in [0.5, 0.6) is 0 Å². The van der Waals surface area contributed by atoms with Crippen molar-refractivity contribution in [2.24, 2.45) is 0 Å². The quantitative estimate of drug-likeness (QED) is 0.874. The first-order valence-electron chi connectivity index (χ1n) is 9.76. The number of carbonyl (C=O) groups excluding carboxylic acids is 1. The summed E-state index contributed by atoms with van der Waals surface area (Å²) in [5.41, 5.74) is 1.61. The normalized spacial score (nSPS) is 23.2. The van der Waals surface area contributed by atoms with Gasteiger partial charge in [-0.3, -0.25) is 9.69 Å².